The maximum atomic E-state index is 10.6. The molecule has 0 bridgehead atoms. The molecule has 14 heavy (non-hydrogen) atoms. The van der Waals surface area contributed by atoms with Gasteiger partial charge >= 0.3 is 10.9 Å². The smallest absolute Gasteiger partial charge is 0.268 e. The lowest BCUT2D eigenvalue weighted by molar-refractivity contribution is -0.416. The minimum Gasteiger partial charge on any atom is -0.268 e. The number of allylic oxidation sites excluding steroid dienone is 1. The molecule has 0 aliphatic rings. The van der Waals surface area contributed by atoms with Crippen LogP contribution in [0, 0.1) is 10.1 Å². The van der Waals surface area contributed by atoms with E-state index in [1.54, 1.807) is 30.3 Å². The van der Waals surface area contributed by atoms with Crippen LogP contribution in [0.5, 0.6) is 0 Å². The Labute approximate surface area is 85.0 Å². The minimum atomic E-state index is -1.07. The lowest BCUT2D eigenvalue weighted by atomic mass is 10.2. The number of halogens is 1. The first kappa shape index (κ1) is 10.4. The summed E-state index contributed by atoms with van der Waals surface area (Å²) in [5.74, 6) is 0. The molecule has 1 aromatic rings. The fourth-order valence-corrected chi connectivity index (χ4v) is 1.01. The van der Waals surface area contributed by atoms with Crippen LogP contribution in [0.1, 0.15) is 5.56 Å². The Hall–Kier alpha value is -1.68. The van der Waals surface area contributed by atoms with E-state index in [4.69, 9.17) is 11.6 Å². The average Bonchev–Trinajstić information content (AvgIpc) is 2.15. The first-order valence-corrected chi connectivity index (χ1v) is 4.10. The summed E-state index contributed by atoms with van der Waals surface area (Å²) in [5.41, 5.74) is -0.0638. The Balaban J connectivity index is 3.06. The van der Waals surface area contributed by atoms with Gasteiger partial charge < -0.3 is 0 Å². The molecule has 1 rings (SSSR count). The number of hydrogen-bond acceptors (Lipinski definition) is 3. The summed E-state index contributed by atoms with van der Waals surface area (Å²) in [6.07, 6.45) is 1.13. The Morgan fingerprint density at radius 1 is 1.36 bits per heavy atom. The third-order valence-electron chi connectivity index (χ3n) is 1.50. The molecule has 0 atom stereocenters. The van der Waals surface area contributed by atoms with E-state index in [2.05, 4.69) is 0 Å². The van der Waals surface area contributed by atoms with Gasteiger partial charge in [0, 0.05) is 6.08 Å². The molecule has 0 unspecified atom stereocenters. The normalized spacial score (nSPS) is 11.1. The molecule has 0 fully saturated rings. The number of nitrogens with zero attached hydrogens (tertiary/aromatic N) is 1. The summed E-state index contributed by atoms with van der Waals surface area (Å²) in [7, 11) is 0. The van der Waals surface area contributed by atoms with E-state index < -0.39 is 15.9 Å². The highest BCUT2D eigenvalue weighted by Gasteiger charge is 2.18. The lowest BCUT2D eigenvalue weighted by Gasteiger charge is -1.92. The summed E-state index contributed by atoms with van der Waals surface area (Å²) >= 11 is 5.04. The predicted molar refractivity (Wildman–Crippen MR) is 52.3 cm³/mol. The van der Waals surface area contributed by atoms with Crippen molar-refractivity contribution in [1.29, 1.82) is 0 Å². The van der Waals surface area contributed by atoms with Gasteiger partial charge in [0.05, 0.1) is 4.92 Å². The number of carbonyl (C=O) groups is 1. The maximum Gasteiger partial charge on any atom is 0.328 e. The van der Waals surface area contributed by atoms with Gasteiger partial charge in [-0.25, -0.2) is 0 Å². The Bertz CT molecular complexity index is 370. The lowest BCUT2D eigenvalue weighted by Crippen LogP contribution is -2.05. The zero-order valence-corrected chi connectivity index (χ0v) is 7.77. The molecular weight excluding hydrogens is 206 g/mol. The highest BCUT2D eigenvalue weighted by atomic mass is 35.5. The molecular formula is C9H6ClNO3. The molecule has 0 saturated carbocycles. The minimum absolute atomic E-state index is 0.563. The van der Waals surface area contributed by atoms with Gasteiger partial charge in [-0.15, -0.1) is 0 Å². The van der Waals surface area contributed by atoms with Crippen LogP contribution in [0.15, 0.2) is 36.0 Å². The van der Waals surface area contributed by atoms with Gasteiger partial charge in [-0.2, -0.15) is 0 Å². The van der Waals surface area contributed by atoms with Crippen molar-refractivity contribution < 1.29 is 9.72 Å². The maximum absolute atomic E-state index is 10.6. The Morgan fingerprint density at radius 2 is 1.93 bits per heavy atom. The van der Waals surface area contributed by atoms with Crippen molar-refractivity contribution in [2.75, 3.05) is 0 Å². The van der Waals surface area contributed by atoms with E-state index in [0.29, 0.717) is 5.56 Å². The first-order chi connectivity index (χ1) is 6.61. The van der Waals surface area contributed by atoms with Crippen molar-refractivity contribution in [3.8, 4) is 0 Å². The van der Waals surface area contributed by atoms with Gasteiger partial charge in [0.15, 0.2) is 0 Å². The summed E-state index contributed by atoms with van der Waals surface area (Å²) in [6.45, 7) is 0. The van der Waals surface area contributed by atoms with Crippen LogP contribution in [0.2, 0.25) is 0 Å². The van der Waals surface area contributed by atoms with Crippen molar-refractivity contribution in [2.45, 2.75) is 0 Å². The van der Waals surface area contributed by atoms with E-state index in [-0.39, 0.29) is 0 Å². The summed E-state index contributed by atoms with van der Waals surface area (Å²) in [6, 6.07) is 8.47. The molecule has 0 amide bonds. The first-order valence-electron chi connectivity index (χ1n) is 3.72. The standard InChI is InChI=1S/C9H6ClNO3/c10-9(12)8(11(13)14)6-7-4-2-1-3-5-7/h1-6H. The van der Waals surface area contributed by atoms with E-state index >= 15 is 0 Å². The van der Waals surface area contributed by atoms with Crippen LogP contribution in [0.4, 0.5) is 0 Å². The van der Waals surface area contributed by atoms with Gasteiger partial charge in [-0.05, 0) is 17.2 Å². The molecule has 4 nitrogen and oxygen atoms in total. The van der Waals surface area contributed by atoms with Crippen molar-refractivity contribution in [3.05, 3.63) is 51.7 Å². The summed E-state index contributed by atoms with van der Waals surface area (Å²) < 4.78 is 0. The van der Waals surface area contributed by atoms with E-state index in [0.717, 1.165) is 6.08 Å². The SMILES string of the molecule is O=C(Cl)C(=Cc1ccccc1)[N+](=O)[O-]. The molecule has 0 radical (unpaired) electrons. The Morgan fingerprint density at radius 3 is 2.36 bits per heavy atom. The third kappa shape index (κ3) is 2.67. The highest BCUT2D eigenvalue weighted by molar-refractivity contribution is 6.67. The number of benzene rings is 1. The topological polar surface area (TPSA) is 60.2 Å². The quantitative estimate of drug-likeness (QED) is 0.333. The van der Waals surface area contributed by atoms with Crippen LogP contribution in [0.3, 0.4) is 0 Å². The second kappa shape index (κ2) is 4.53. The zero-order chi connectivity index (χ0) is 10.6. The van der Waals surface area contributed by atoms with Gasteiger partial charge in [-0.3, -0.25) is 14.9 Å². The third-order valence-corrected chi connectivity index (χ3v) is 1.69. The van der Waals surface area contributed by atoms with Crippen LogP contribution in [-0.4, -0.2) is 10.2 Å². The molecule has 0 aromatic heterocycles. The molecule has 0 spiro atoms. The van der Waals surface area contributed by atoms with Crippen LogP contribution in [0.25, 0.3) is 6.08 Å². The number of rotatable bonds is 3. The predicted octanol–water partition coefficient (Wildman–Crippen LogP) is 2.07. The fourth-order valence-electron chi connectivity index (χ4n) is 0.888. The second-order valence-corrected chi connectivity index (χ2v) is 2.81. The molecule has 0 saturated heterocycles. The molecule has 0 heterocycles. The molecule has 5 heteroatoms. The Kier molecular flexibility index (Phi) is 3.36. The molecule has 1 aromatic carbocycles. The monoisotopic (exact) mass is 211 g/mol. The number of nitro groups is 1. The summed E-state index contributed by atoms with van der Waals surface area (Å²) in [5, 5.41) is 9.31. The van der Waals surface area contributed by atoms with E-state index in [9.17, 15) is 14.9 Å². The van der Waals surface area contributed by atoms with Crippen molar-refractivity contribution in [3.63, 3.8) is 0 Å². The van der Waals surface area contributed by atoms with Crippen molar-refractivity contribution in [2.24, 2.45) is 0 Å². The van der Waals surface area contributed by atoms with Crippen LogP contribution in [-0.2, 0) is 4.79 Å². The van der Waals surface area contributed by atoms with Crippen LogP contribution < -0.4 is 0 Å². The summed E-state index contributed by atoms with van der Waals surface area (Å²) in [4.78, 5) is 20.2. The van der Waals surface area contributed by atoms with Gasteiger partial charge in [0.25, 0.3) is 0 Å². The van der Waals surface area contributed by atoms with E-state index in [1.807, 2.05) is 0 Å². The van der Waals surface area contributed by atoms with Crippen molar-refractivity contribution in [1.82, 2.24) is 0 Å². The average molecular weight is 212 g/mol. The van der Waals surface area contributed by atoms with E-state index in [1.165, 1.54) is 0 Å². The largest absolute Gasteiger partial charge is 0.328 e. The zero-order valence-electron chi connectivity index (χ0n) is 7.01. The second-order valence-electron chi connectivity index (χ2n) is 2.47. The van der Waals surface area contributed by atoms with Crippen molar-refractivity contribution >= 4 is 22.9 Å². The number of hydrogen-bond donors (Lipinski definition) is 0. The molecule has 0 aliphatic carbocycles. The van der Waals surface area contributed by atoms with Gasteiger partial charge in [0.1, 0.15) is 0 Å². The fraction of sp³-hybridized carbons (Fsp3) is 0. The van der Waals surface area contributed by atoms with Crippen LogP contribution >= 0.6 is 11.6 Å². The van der Waals surface area contributed by atoms with Gasteiger partial charge in [-0.1, -0.05) is 30.3 Å². The molecule has 0 N–H and O–H groups in total. The molecule has 0 aliphatic heterocycles. The highest BCUT2D eigenvalue weighted by Crippen LogP contribution is 2.09. The number of carbonyl (C=O) groups excluding carboxylic acids is 1. The van der Waals surface area contributed by atoms with Gasteiger partial charge in [0.2, 0.25) is 0 Å². The molecule has 72 valence electrons.